The SMILES string of the molecule is CCN1C(=CC=CC2=[N+](CCCCCC(=O)O)c3ccc4c(S(=O)(=O)[O-])cc(S(=O)(=O)[O-])cc4c3C2(C)C)C(C)(CCCS(=O)(=O)[O-])c2c1ccc1ccc(S(=O)(=O)[O-])cc21. The average Bonchev–Trinajstić information content (AvgIpc) is 3.51. The van der Waals surface area contributed by atoms with Crippen molar-refractivity contribution in [2.75, 3.05) is 23.7 Å². The summed E-state index contributed by atoms with van der Waals surface area (Å²) in [7, 11) is -20.0. The van der Waals surface area contributed by atoms with Crippen molar-refractivity contribution in [3.8, 4) is 0 Å². The lowest BCUT2D eigenvalue weighted by Crippen LogP contribution is -2.29. The highest BCUT2D eigenvalue weighted by Crippen LogP contribution is 2.53. The molecule has 0 saturated carbocycles. The molecule has 0 spiro atoms. The lowest BCUT2D eigenvalue weighted by atomic mass is 9.75. The first-order valence-corrected chi connectivity index (χ1v) is 25.0. The Balaban J connectivity index is 1.55. The number of likely N-dealkylation sites (N-methyl/N-ethyl adjacent to an activating group) is 1. The van der Waals surface area contributed by atoms with E-state index in [1.807, 2.05) is 29.4 Å². The number of nitrogens with zero attached hydrogens (tertiary/aromatic N) is 2. The van der Waals surface area contributed by atoms with Gasteiger partial charge in [-0.1, -0.05) is 18.2 Å². The van der Waals surface area contributed by atoms with E-state index in [1.54, 1.807) is 44.2 Å². The van der Waals surface area contributed by atoms with Gasteiger partial charge in [-0.3, -0.25) is 4.79 Å². The molecule has 61 heavy (non-hydrogen) atoms. The molecule has 6 rings (SSSR count). The van der Waals surface area contributed by atoms with Crippen LogP contribution in [-0.4, -0.2) is 92.1 Å². The van der Waals surface area contributed by atoms with Crippen LogP contribution < -0.4 is 4.90 Å². The van der Waals surface area contributed by atoms with Crippen LogP contribution in [0.2, 0.25) is 0 Å². The minimum absolute atomic E-state index is 0.0468. The predicted molar refractivity (Wildman–Crippen MR) is 222 cm³/mol. The zero-order valence-electron chi connectivity index (χ0n) is 33.6. The molecule has 2 heterocycles. The topological polar surface area (TPSA) is 272 Å². The minimum atomic E-state index is -5.27. The molecule has 0 aliphatic carbocycles. The molecule has 4 aromatic rings. The summed E-state index contributed by atoms with van der Waals surface area (Å²) in [5.41, 5.74) is 1.45. The van der Waals surface area contributed by atoms with Crippen LogP contribution in [0.1, 0.15) is 77.3 Å². The predicted octanol–water partition coefficient (Wildman–Crippen LogP) is 5.29. The summed E-state index contributed by atoms with van der Waals surface area (Å²) in [5.74, 6) is -1.61. The molecule has 16 nitrogen and oxygen atoms in total. The molecule has 0 radical (unpaired) electrons. The highest BCUT2D eigenvalue weighted by molar-refractivity contribution is 7.87. The number of fused-ring (bicyclic) bond motifs is 6. The number of hydrogen-bond donors (Lipinski definition) is 1. The van der Waals surface area contributed by atoms with E-state index in [2.05, 4.69) is 0 Å². The molecule has 1 unspecified atom stereocenters. The fourth-order valence-corrected chi connectivity index (χ4v) is 11.3. The molecule has 2 aliphatic heterocycles. The Hall–Kier alpha value is -4.54. The van der Waals surface area contributed by atoms with Gasteiger partial charge in [0.2, 0.25) is 5.69 Å². The van der Waals surface area contributed by atoms with E-state index < -0.39 is 77.7 Å². The molecule has 0 aromatic heterocycles. The van der Waals surface area contributed by atoms with Crippen LogP contribution in [0.4, 0.5) is 11.4 Å². The fourth-order valence-electron chi connectivity index (χ4n) is 8.96. The Kier molecular flexibility index (Phi) is 12.3. The second kappa shape index (κ2) is 16.3. The van der Waals surface area contributed by atoms with Gasteiger partial charge in [-0.25, -0.2) is 33.7 Å². The summed E-state index contributed by atoms with van der Waals surface area (Å²) < 4.78 is 148. The van der Waals surface area contributed by atoms with Gasteiger partial charge in [0.1, 0.15) is 36.9 Å². The van der Waals surface area contributed by atoms with Crippen molar-refractivity contribution >= 4 is 85.1 Å². The van der Waals surface area contributed by atoms with Crippen molar-refractivity contribution in [3.05, 3.63) is 89.6 Å². The zero-order valence-corrected chi connectivity index (χ0v) is 36.8. The van der Waals surface area contributed by atoms with Gasteiger partial charge in [-0.2, -0.15) is 4.58 Å². The lowest BCUT2D eigenvalue weighted by molar-refractivity contribution is -0.438. The summed E-state index contributed by atoms with van der Waals surface area (Å²) in [4.78, 5) is 11.0. The molecule has 0 fully saturated rings. The van der Waals surface area contributed by atoms with Crippen molar-refractivity contribution in [1.29, 1.82) is 0 Å². The number of allylic oxidation sites excluding steroid dienone is 4. The second-order valence-electron chi connectivity index (χ2n) is 15.9. The van der Waals surface area contributed by atoms with Gasteiger partial charge in [-0.15, -0.1) is 0 Å². The van der Waals surface area contributed by atoms with Crippen molar-refractivity contribution in [3.63, 3.8) is 0 Å². The Morgan fingerprint density at radius 2 is 1.41 bits per heavy atom. The number of rotatable bonds is 16. The van der Waals surface area contributed by atoms with Gasteiger partial charge in [0.15, 0.2) is 5.71 Å². The van der Waals surface area contributed by atoms with Crippen molar-refractivity contribution in [1.82, 2.24) is 0 Å². The number of carbonyl (C=O) groups is 1. The largest absolute Gasteiger partial charge is 0.748 e. The van der Waals surface area contributed by atoms with Gasteiger partial charge in [0.05, 0.1) is 30.2 Å². The number of unbranched alkanes of at least 4 members (excludes halogenated alkanes) is 2. The summed E-state index contributed by atoms with van der Waals surface area (Å²) in [5, 5.41) is 10.2. The number of aliphatic carboxylic acids is 1. The third kappa shape index (κ3) is 9.03. The molecule has 2 aliphatic rings. The third-order valence-corrected chi connectivity index (χ3v) is 14.9. The number of benzene rings is 4. The van der Waals surface area contributed by atoms with E-state index in [0.717, 1.165) is 6.07 Å². The van der Waals surface area contributed by atoms with Crippen LogP contribution in [0.5, 0.6) is 0 Å². The Bertz CT molecular complexity index is 3050. The summed E-state index contributed by atoms with van der Waals surface area (Å²) >= 11 is 0. The van der Waals surface area contributed by atoms with Crippen molar-refractivity contribution in [2.45, 2.75) is 91.7 Å². The number of carboxylic acids is 1. The maximum atomic E-state index is 12.5. The van der Waals surface area contributed by atoms with Gasteiger partial charge in [0, 0.05) is 65.0 Å². The number of hydrogen-bond acceptors (Lipinski definition) is 14. The van der Waals surface area contributed by atoms with Crippen molar-refractivity contribution < 1.29 is 66.4 Å². The number of anilines is 1. The molecule has 0 saturated heterocycles. The molecule has 4 aromatic carbocycles. The van der Waals surface area contributed by atoms with Crippen molar-refractivity contribution in [2.24, 2.45) is 0 Å². The molecular weight excluding hydrogens is 873 g/mol. The normalized spacial score (nSPS) is 18.8. The molecule has 0 bridgehead atoms. The van der Waals surface area contributed by atoms with E-state index in [9.17, 15) is 61.8 Å². The van der Waals surface area contributed by atoms with Crippen LogP contribution in [0.3, 0.4) is 0 Å². The van der Waals surface area contributed by atoms with Gasteiger partial charge >= 0.3 is 5.97 Å². The second-order valence-corrected chi connectivity index (χ2v) is 21.5. The lowest BCUT2D eigenvalue weighted by Gasteiger charge is -2.30. The summed E-state index contributed by atoms with van der Waals surface area (Å²) in [6.07, 6.45) is 6.77. The molecule has 0 amide bonds. The van der Waals surface area contributed by atoms with Crippen LogP contribution in [0.25, 0.3) is 21.5 Å². The van der Waals surface area contributed by atoms with E-state index in [1.165, 1.54) is 24.3 Å². The molecule has 328 valence electrons. The molecular formula is C41H43N2O14S4-3. The minimum Gasteiger partial charge on any atom is -0.748 e. The zero-order chi connectivity index (χ0) is 45.1. The third-order valence-electron chi connectivity index (χ3n) is 11.6. The Morgan fingerprint density at radius 3 is 2.02 bits per heavy atom. The highest BCUT2D eigenvalue weighted by Gasteiger charge is 2.47. The maximum Gasteiger partial charge on any atom is 0.303 e. The van der Waals surface area contributed by atoms with Gasteiger partial charge in [-0.05, 0) is 118 Å². The van der Waals surface area contributed by atoms with E-state index in [4.69, 9.17) is 0 Å². The smallest absolute Gasteiger partial charge is 0.303 e. The summed E-state index contributed by atoms with van der Waals surface area (Å²) in [6.45, 7) is 8.06. The standard InChI is InChI=1S/C41H46N2O14S4/c1-5-42-33-18-15-26-14-16-27(59(49,50)51)23-30(26)39(33)41(4,20-10-22-58(46,47)48)36(42)12-9-11-35-40(2,3)38-31-24-28(60(52,53)54)25-34(61(55,56)57)29(31)17-19-32(38)43(35)21-8-6-7-13-37(44)45/h9,11-12,14-19,23-25H,5-8,10,13,20-22H2,1-4H3,(H4-,44,45,46,47,48,49,50,51,52,53,54,55,56,57)/p-3. The average molecular weight is 916 g/mol. The Labute approximate surface area is 354 Å². The fraction of sp³-hybridized carbons (Fsp3) is 0.366. The Morgan fingerprint density at radius 1 is 0.754 bits per heavy atom. The molecule has 20 heteroatoms. The monoisotopic (exact) mass is 915 g/mol. The maximum absolute atomic E-state index is 12.5. The van der Waals surface area contributed by atoms with Gasteiger partial charge < -0.3 is 28.2 Å². The van der Waals surface area contributed by atoms with E-state index >= 15 is 0 Å². The first-order valence-electron chi connectivity index (χ1n) is 19.2. The van der Waals surface area contributed by atoms with Crippen LogP contribution >= 0.6 is 0 Å². The van der Waals surface area contributed by atoms with E-state index in [0.29, 0.717) is 83.1 Å². The molecule has 1 atom stereocenters. The van der Waals surface area contributed by atoms with Crippen LogP contribution in [-0.2, 0) is 56.1 Å². The van der Waals surface area contributed by atoms with E-state index in [-0.39, 0.29) is 30.0 Å². The van der Waals surface area contributed by atoms with Crippen LogP contribution in [0, 0.1) is 0 Å². The van der Waals surface area contributed by atoms with Crippen LogP contribution in [0.15, 0.2) is 93.2 Å². The first kappa shape index (κ1) is 46.0. The quantitative estimate of drug-likeness (QED) is 0.0850. The van der Waals surface area contributed by atoms with Gasteiger partial charge in [0.25, 0.3) is 0 Å². The molecule has 1 N–H and O–H groups in total. The summed E-state index contributed by atoms with van der Waals surface area (Å²) in [6, 6.07) is 12.2. The first-order chi connectivity index (χ1) is 28.2. The number of carboxylic acid groups (broad SMARTS) is 1. The highest BCUT2D eigenvalue weighted by atomic mass is 32.2.